The molecule has 216 valence electrons. The molecule has 0 fully saturated rings. The van der Waals surface area contributed by atoms with Crippen LogP contribution in [0.1, 0.15) is 0 Å². The summed E-state index contributed by atoms with van der Waals surface area (Å²) in [7, 11) is -13.6. The molecule has 0 bridgehead atoms. The third-order valence-corrected chi connectivity index (χ3v) is 8.78. The molecule has 13 nitrogen and oxygen atoms in total. The molecule has 0 saturated carbocycles. The zero-order valence-electron chi connectivity index (χ0n) is 21.1. The van der Waals surface area contributed by atoms with Gasteiger partial charge in [-0.25, -0.2) is 0 Å². The van der Waals surface area contributed by atoms with Gasteiger partial charge in [-0.15, -0.1) is 10.2 Å². The van der Waals surface area contributed by atoms with E-state index in [4.69, 9.17) is 5.73 Å². The molecule has 0 spiro atoms. The van der Waals surface area contributed by atoms with Crippen molar-refractivity contribution in [3.63, 3.8) is 0 Å². The van der Waals surface area contributed by atoms with Gasteiger partial charge in [0.25, 0.3) is 30.4 Å². The number of benzene rings is 5. The quantitative estimate of drug-likeness (QED) is 0.0862. The molecule has 0 aromatic heterocycles. The third-order valence-electron chi connectivity index (χ3n) is 6.24. The highest BCUT2D eigenvalue weighted by molar-refractivity contribution is 7.86. The van der Waals surface area contributed by atoms with Crippen molar-refractivity contribution < 1.29 is 38.9 Å². The minimum absolute atomic E-state index is 0.219. The van der Waals surface area contributed by atoms with Crippen LogP contribution < -0.4 is 11.1 Å². The Bertz CT molecular complexity index is 2270. The Hall–Kier alpha value is -4.45. The fourth-order valence-corrected chi connectivity index (χ4v) is 5.79. The number of hydrogen-bond acceptors (Lipinski definition) is 10. The molecule has 0 saturated heterocycles. The molecule has 16 heteroatoms. The number of nitrogens with one attached hydrogen (secondary N) is 1. The summed E-state index contributed by atoms with van der Waals surface area (Å²) in [4.78, 5) is -1.15. The topological polar surface area (TPSA) is 226 Å². The number of nitrogens with zero attached hydrogens (tertiary/aromatic N) is 2. The maximum absolute atomic E-state index is 11.9. The fourth-order valence-electron chi connectivity index (χ4n) is 4.25. The van der Waals surface area contributed by atoms with E-state index in [1.165, 1.54) is 72.8 Å². The molecule has 0 radical (unpaired) electrons. The molecular weight excluding hydrogens is 609 g/mol. The SMILES string of the molecule is Nc1ccc(/N=N/c2ccc(Nc3cccc(S(=O)(=O)O)c3)c3cc(S(=O)(=O)O)ccc23)c2cc(S(=O)(=O)O)ccc12. The lowest BCUT2D eigenvalue weighted by Crippen LogP contribution is -2.00. The van der Waals surface area contributed by atoms with Crippen LogP contribution in [0.4, 0.5) is 28.4 Å². The first-order valence-corrected chi connectivity index (χ1v) is 16.0. The first kappa shape index (κ1) is 29.1. The van der Waals surface area contributed by atoms with Gasteiger partial charge in [-0.1, -0.05) is 18.2 Å². The monoisotopic (exact) mass is 628 g/mol. The summed E-state index contributed by atoms with van der Waals surface area (Å²) < 4.78 is 98.7. The summed E-state index contributed by atoms with van der Waals surface area (Å²) in [6.45, 7) is 0. The van der Waals surface area contributed by atoms with E-state index in [1.807, 2.05) is 0 Å². The van der Waals surface area contributed by atoms with E-state index in [0.29, 0.717) is 27.5 Å². The lowest BCUT2D eigenvalue weighted by Gasteiger charge is -2.13. The minimum Gasteiger partial charge on any atom is -0.398 e. The third kappa shape index (κ3) is 5.94. The number of hydrogen-bond donors (Lipinski definition) is 5. The van der Waals surface area contributed by atoms with Crippen LogP contribution in [0.3, 0.4) is 0 Å². The maximum Gasteiger partial charge on any atom is 0.294 e. The van der Waals surface area contributed by atoms with Crippen molar-refractivity contribution in [2.24, 2.45) is 10.2 Å². The number of nitrogen functional groups attached to an aromatic ring is 1. The largest absolute Gasteiger partial charge is 0.398 e. The predicted octanol–water partition coefficient (Wildman–Crippen LogP) is 5.47. The highest BCUT2D eigenvalue weighted by Gasteiger charge is 2.16. The van der Waals surface area contributed by atoms with Crippen LogP contribution in [0.15, 0.2) is 110 Å². The van der Waals surface area contributed by atoms with E-state index in [2.05, 4.69) is 15.5 Å². The van der Waals surface area contributed by atoms with Crippen molar-refractivity contribution in [3.8, 4) is 0 Å². The molecule has 6 N–H and O–H groups in total. The molecule has 5 aromatic rings. The maximum atomic E-state index is 11.9. The molecule has 0 amide bonds. The number of nitrogens with two attached hydrogens (primary N) is 1. The first-order valence-electron chi connectivity index (χ1n) is 11.7. The normalized spacial score (nSPS) is 12.7. The molecule has 0 aliphatic carbocycles. The second-order valence-corrected chi connectivity index (χ2v) is 13.3. The molecule has 5 aromatic carbocycles. The van der Waals surface area contributed by atoms with Crippen LogP contribution in [0, 0.1) is 0 Å². The van der Waals surface area contributed by atoms with Crippen molar-refractivity contribution in [3.05, 3.63) is 84.9 Å². The van der Waals surface area contributed by atoms with Gasteiger partial charge in [0.1, 0.15) is 0 Å². The zero-order valence-corrected chi connectivity index (χ0v) is 23.5. The zero-order chi connectivity index (χ0) is 30.4. The van der Waals surface area contributed by atoms with Crippen molar-refractivity contribution >= 4 is 80.3 Å². The predicted molar refractivity (Wildman–Crippen MR) is 156 cm³/mol. The standard InChI is InChI=1S/C26H20N4O9S3/c27-23-8-9-26(21-13-17(41(34,35)36)4-6-19(21)23)30-29-25-11-10-24(22-14-18(42(37,38)39)5-7-20(22)25)28-15-2-1-3-16(12-15)40(31,32)33/h1-14,28H,27H2,(H,31,32,33)(H,34,35,36)(H,37,38,39)/b30-29+. The summed E-state index contributed by atoms with van der Waals surface area (Å²) >= 11 is 0. The van der Waals surface area contributed by atoms with Gasteiger partial charge in [0.05, 0.1) is 26.1 Å². The van der Waals surface area contributed by atoms with Gasteiger partial charge < -0.3 is 11.1 Å². The summed E-state index contributed by atoms with van der Waals surface area (Å²) in [5, 5.41) is 12.9. The lowest BCUT2D eigenvalue weighted by molar-refractivity contribution is 0.481. The number of rotatable bonds is 7. The van der Waals surface area contributed by atoms with Gasteiger partial charge >= 0.3 is 0 Å². The van der Waals surface area contributed by atoms with Crippen molar-refractivity contribution in [2.45, 2.75) is 14.7 Å². The number of azo groups is 1. The second kappa shape index (κ2) is 10.4. The van der Waals surface area contributed by atoms with Crippen molar-refractivity contribution in [1.29, 1.82) is 0 Å². The number of fused-ring (bicyclic) bond motifs is 2. The molecule has 0 heterocycles. The Kier molecular flexibility index (Phi) is 7.22. The first-order chi connectivity index (χ1) is 19.6. The van der Waals surface area contributed by atoms with Crippen molar-refractivity contribution in [1.82, 2.24) is 0 Å². The van der Waals surface area contributed by atoms with E-state index in [9.17, 15) is 38.9 Å². The summed E-state index contributed by atoms with van der Waals surface area (Å²) in [5.41, 5.74) is 7.38. The van der Waals surface area contributed by atoms with Gasteiger partial charge in [0, 0.05) is 38.6 Å². The molecule has 0 aliphatic heterocycles. The van der Waals surface area contributed by atoms with E-state index >= 15 is 0 Å². The van der Waals surface area contributed by atoms with Gasteiger partial charge in [-0.05, 0) is 66.7 Å². The Morgan fingerprint density at radius 3 is 1.69 bits per heavy atom. The van der Waals surface area contributed by atoms with E-state index < -0.39 is 35.2 Å². The average molecular weight is 629 g/mol. The minimum atomic E-state index is -4.60. The van der Waals surface area contributed by atoms with Crippen LogP contribution >= 0.6 is 0 Å². The van der Waals surface area contributed by atoms with Crippen molar-refractivity contribution in [2.75, 3.05) is 11.1 Å². The van der Waals surface area contributed by atoms with Crippen LogP contribution in [0.5, 0.6) is 0 Å². The summed E-state index contributed by atoms with van der Waals surface area (Å²) in [5.74, 6) is 0. The van der Waals surface area contributed by atoms with Gasteiger partial charge in [-0.2, -0.15) is 25.3 Å². The van der Waals surface area contributed by atoms with Gasteiger partial charge in [-0.3, -0.25) is 13.7 Å². The van der Waals surface area contributed by atoms with Crippen LogP contribution in [0.25, 0.3) is 21.5 Å². The van der Waals surface area contributed by atoms with Crippen LogP contribution in [-0.4, -0.2) is 38.9 Å². The van der Waals surface area contributed by atoms with E-state index in [0.717, 1.165) is 6.07 Å². The lowest BCUT2D eigenvalue weighted by atomic mass is 10.1. The highest BCUT2D eigenvalue weighted by Crippen LogP contribution is 2.38. The van der Waals surface area contributed by atoms with E-state index in [-0.39, 0.29) is 32.2 Å². The molecule has 0 aliphatic rings. The van der Waals surface area contributed by atoms with Gasteiger partial charge in [0.2, 0.25) is 0 Å². The molecule has 42 heavy (non-hydrogen) atoms. The number of anilines is 3. The molecule has 0 unspecified atom stereocenters. The molecule has 5 rings (SSSR count). The van der Waals surface area contributed by atoms with Crippen LogP contribution in [0.2, 0.25) is 0 Å². The summed E-state index contributed by atoms with van der Waals surface area (Å²) in [6.07, 6.45) is 0. The second-order valence-electron chi connectivity index (χ2n) is 9.00. The molecule has 0 atom stereocenters. The Balaban J connectivity index is 1.65. The average Bonchev–Trinajstić information content (AvgIpc) is 2.92. The summed E-state index contributed by atoms with van der Waals surface area (Å²) in [6, 6.07) is 19.0. The Morgan fingerprint density at radius 1 is 0.548 bits per heavy atom. The molecular formula is C26H20N4O9S3. The van der Waals surface area contributed by atoms with E-state index in [1.54, 1.807) is 6.07 Å². The Morgan fingerprint density at radius 2 is 1.07 bits per heavy atom. The fraction of sp³-hybridized carbons (Fsp3) is 0. The smallest absolute Gasteiger partial charge is 0.294 e. The Labute approximate surface area is 239 Å². The van der Waals surface area contributed by atoms with Gasteiger partial charge in [0.15, 0.2) is 0 Å². The highest BCUT2D eigenvalue weighted by atomic mass is 32.2. The van der Waals surface area contributed by atoms with Crippen LogP contribution in [-0.2, 0) is 30.4 Å².